The first-order valence-corrected chi connectivity index (χ1v) is 7.47. The van der Waals surface area contributed by atoms with Crippen molar-refractivity contribution in [2.45, 2.75) is 20.8 Å². The Kier molecular flexibility index (Phi) is 3.59. The summed E-state index contributed by atoms with van der Waals surface area (Å²) in [5.74, 6) is 0.754. The lowest BCUT2D eigenvalue weighted by molar-refractivity contribution is 1.09. The summed E-state index contributed by atoms with van der Waals surface area (Å²) in [6.45, 7) is 6.10. The third kappa shape index (κ3) is 2.74. The molecule has 0 unspecified atom stereocenters. The Balaban J connectivity index is 2.04. The quantitative estimate of drug-likeness (QED) is 0.572. The molecule has 0 saturated heterocycles. The number of halogens is 1. The van der Waals surface area contributed by atoms with E-state index >= 15 is 0 Å². The molecule has 4 nitrogen and oxygen atoms in total. The van der Waals surface area contributed by atoms with E-state index in [1.165, 1.54) is 11.1 Å². The SMILES string of the molecule is Cc1ccc(N=Nc2c(C)nc3ccc(Br)cn23)cc1C. The lowest BCUT2D eigenvalue weighted by Crippen LogP contribution is -1.83. The van der Waals surface area contributed by atoms with Gasteiger partial charge in [0.1, 0.15) is 5.65 Å². The molecular formula is C16H15BrN4. The van der Waals surface area contributed by atoms with E-state index in [-0.39, 0.29) is 0 Å². The Morgan fingerprint density at radius 3 is 2.57 bits per heavy atom. The summed E-state index contributed by atoms with van der Waals surface area (Å²) in [6.07, 6.45) is 1.95. The molecule has 0 amide bonds. The van der Waals surface area contributed by atoms with E-state index in [9.17, 15) is 0 Å². The Labute approximate surface area is 131 Å². The number of hydrogen-bond acceptors (Lipinski definition) is 3. The average molecular weight is 343 g/mol. The van der Waals surface area contributed by atoms with Crippen LogP contribution in [0.25, 0.3) is 5.65 Å². The highest BCUT2D eigenvalue weighted by Crippen LogP contribution is 2.25. The van der Waals surface area contributed by atoms with Gasteiger partial charge >= 0.3 is 0 Å². The second-order valence-electron chi connectivity index (χ2n) is 5.06. The van der Waals surface area contributed by atoms with Crippen LogP contribution in [0.3, 0.4) is 0 Å². The fourth-order valence-corrected chi connectivity index (χ4v) is 2.47. The molecule has 3 aromatic rings. The highest BCUT2D eigenvalue weighted by Gasteiger charge is 2.08. The first-order valence-electron chi connectivity index (χ1n) is 6.68. The summed E-state index contributed by atoms with van der Waals surface area (Å²) in [5.41, 5.74) is 5.04. The number of rotatable bonds is 2. The molecule has 0 saturated carbocycles. The van der Waals surface area contributed by atoms with Crippen molar-refractivity contribution in [2.24, 2.45) is 10.2 Å². The summed E-state index contributed by atoms with van der Waals surface area (Å²) in [7, 11) is 0. The molecule has 106 valence electrons. The first-order chi connectivity index (χ1) is 10.0. The fourth-order valence-electron chi connectivity index (χ4n) is 2.14. The normalized spacial score (nSPS) is 11.6. The molecule has 0 aliphatic carbocycles. The summed E-state index contributed by atoms with van der Waals surface area (Å²) < 4.78 is 2.92. The number of aromatic nitrogens is 2. The zero-order valence-electron chi connectivity index (χ0n) is 12.1. The topological polar surface area (TPSA) is 42.0 Å². The first kappa shape index (κ1) is 13.9. The van der Waals surface area contributed by atoms with Gasteiger partial charge in [-0.1, -0.05) is 6.07 Å². The highest BCUT2D eigenvalue weighted by molar-refractivity contribution is 9.10. The molecule has 0 spiro atoms. The van der Waals surface area contributed by atoms with Crippen LogP contribution in [0.1, 0.15) is 16.8 Å². The number of azo groups is 1. The van der Waals surface area contributed by atoms with Crippen molar-refractivity contribution in [3.63, 3.8) is 0 Å². The predicted molar refractivity (Wildman–Crippen MR) is 87.7 cm³/mol. The number of fused-ring (bicyclic) bond motifs is 1. The number of nitrogens with zero attached hydrogens (tertiary/aromatic N) is 4. The van der Waals surface area contributed by atoms with E-state index in [2.05, 4.69) is 51.1 Å². The van der Waals surface area contributed by atoms with Gasteiger partial charge in [0, 0.05) is 10.7 Å². The highest BCUT2D eigenvalue weighted by atomic mass is 79.9. The van der Waals surface area contributed by atoms with Gasteiger partial charge in [-0.3, -0.25) is 4.40 Å². The monoisotopic (exact) mass is 342 g/mol. The van der Waals surface area contributed by atoms with Crippen LogP contribution in [0.15, 0.2) is 51.2 Å². The number of benzene rings is 1. The van der Waals surface area contributed by atoms with Crippen LogP contribution >= 0.6 is 15.9 Å². The van der Waals surface area contributed by atoms with Crippen molar-refractivity contribution in [3.05, 3.63) is 57.8 Å². The van der Waals surface area contributed by atoms with Crippen molar-refractivity contribution in [1.29, 1.82) is 0 Å². The van der Waals surface area contributed by atoms with Crippen molar-refractivity contribution in [3.8, 4) is 0 Å². The van der Waals surface area contributed by atoms with Gasteiger partial charge in [0.05, 0.1) is 11.4 Å². The maximum absolute atomic E-state index is 4.49. The van der Waals surface area contributed by atoms with Crippen LogP contribution in [0.5, 0.6) is 0 Å². The Morgan fingerprint density at radius 2 is 1.81 bits per heavy atom. The lowest BCUT2D eigenvalue weighted by Gasteiger charge is -2.00. The number of pyridine rings is 1. The van der Waals surface area contributed by atoms with E-state index in [1.807, 2.05) is 41.8 Å². The van der Waals surface area contributed by atoms with Crippen LogP contribution in [0.4, 0.5) is 11.5 Å². The minimum absolute atomic E-state index is 0.754. The van der Waals surface area contributed by atoms with Gasteiger partial charge in [-0.25, -0.2) is 4.98 Å². The van der Waals surface area contributed by atoms with Crippen molar-refractivity contribution < 1.29 is 0 Å². The molecule has 0 fully saturated rings. The van der Waals surface area contributed by atoms with Crippen molar-refractivity contribution in [1.82, 2.24) is 9.38 Å². The zero-order chi connectivity index (χ0) is 15.0. The molecule has 0 aliphatic heterocycles. The van der Waals surface area contributed by atoms with E-state index in [1.54, 1.807) is 0 Å². The predicted octanol–water partition coefficient (Wildman–Crippen LogP) is 5.44. The largest absolute Gasteiger partial charge is 0.282 e. The third-order valence-corrected chi connectivity index (χ3v) is 3.94. The molecule has 5 heteroatoms. The van der Waals surface area contributed by atoms with Crippen LogP contribution in [-0.2, 0) is 0 Å². The Morgan fingerprint density at radius 1 is 1.00 bits per heavy atom. The lowest BCUT2D eigenvalue weighted by atomic mass is 10.1. The van der Waals surface area contributed by atoms with Gasteiger partial charge in [0.2, 0.25) is 0 Å². The maximum atomic E-state index is 4.49. The minimum atomic E-state index is 0.754. The average Bonchev–Trinajstić information content (AvgIpc) is 2.75. The van der Waals surface area contributed by atoms with Crippen molar-refractivity contribution >= 4 is 33.1 Å². The van der Waals surface area contributed by atoms with Gasteiger partial charge in [-0.2, -0.15) is 0 Å². The van der Waals surface area contributed by atoms with Crippen LogP contribution < -0.4 is 0 Å². The number of aryl methyl sites for hydroxylation is 3. The second-order valence-corrected chi connectivity index (χ2v) is 5.98. The molecule has 0 aliphatic rings. The van der Waals surface area contributed by atoms with Gasteiger partial charge in [0.15, 0.2) is 5.82 Å². The summed E-state index contributed by atoms with van der Waals surface area (Å²) in [6, 6.07) is 9.98. The minimum Gasteiger partial charge on any atom is -0.282 e. The van der Waals surface area contributed by atoms with Gasteiger partial charge in [-0.05, 0) is 72.1 Å². The van der Waals surface area contributed by atoms with Gasteiger partial charge in [0.25, 0.3) is 0 Å². The Bertz CT molecular complexity index is 849. The van der Waals surface area contributed by atoms with E-state index in [4.69, 9.17) is 0 Å². The van der Waals surface area contributed by atoms with E-state index < -0.39 is 0 Å². The van der Waals surface area contributed by atoms with Gasteiger partial charge in [-0.15, -0.1) is 10.2 Å². The zero-order valence-corrected chi connectivity index (χ0v) is 13.7. The molecule has 0 N–H and O–H groups in total. The third-order valence-electron chi connectivity index (χ3n) is 3.48. The van der Waals surface area contributed by atoms with E-state index in [0.717, 1.165) is 27.3 Å². The van der Waals surface area contributed by atoms with Crippen LogP contribution in [-0.4, -0.2) is 9.38 Å². The molecule has 21 heavy (non-hydrogen) atoms. The van der Waals surface area contributed by atoms with Gasteiger partial charge < -0.3 is 0 Å². The molecule has 0 atom stereocenters. The van der Waals surface area contributed by atoms with E-state index in [0.29, 0.717) is 0 Å². The molecule has 2 aromatic heterocycles. The molecule has 2 heterocycles. The fraction of sp³-hybridized carbons (Fsp3) is 0.188. The molecule has 0 radical (unpaired) electrons. The van der Waals surface area contributed by atoms with Crippen LogP contribution in [0.2, 0.25) is 0 Å². The summed E-state index contributed by atoms with van der Waals surface area (Å²) >= 11 is 3.47. The molecule has 3 rings (SSSR count). The Hall–Kier alpha value is -2.01. The maximum Gasteiger partial charge on any atom is 0.182 e. The second kappa shape index (κ2) is 5.41. The summed E-state index contributed by atoms with van der Waals surface area (Å²) in [4.78, 5) is 4.49. The van der Waals surface area contributed by atoms with Crippen LogP contribution in [0, 0.1) is 20.8 Å². The standard InChI is InChI=1S/C16H15BrN4/c1-10-4-6-14(8-11(10)2)19-20-16-12(3)18-15-7-5-13(17)9-21(15)16/h4-9H,1-3H3. The molecule has 0 bridgehead atoms. The number of imidazole rings is 1. The number of hydrogen-bond donors (Lipinski definition) is 0. The summed E-state index contributed by atoms with van der Waals surface area (Å²) in [5, 5.41) is 8.72. The van der Waals surface area contributed by atoms with Crippen molar-refractivity contribution in [2.75, 3.05) is 0 Å². The molecular weight excluding hydrogens is 328 g/mol. The smallest absolute Gasteiger partial charge is 0.182 e. The molecule has 1 aromatic carbocycles.